The van der Waals surface area contributed by atoms with Crippen molar-refractivity contribution < 1.29 is 24.2 Å². The Kier molecular flexibility index (Phi) is 7.74. The van der Waals surface area contributed by atoms with Crippen molar-refractivity contribution in [2.75, 3.05) is 20.3 Å². The number of nitrogens with zero attached hydrogens (tertiary/aromatic N) is 1. The molecule has 2 aromatic rings. The minimum absolute atomic E-state index is 0.0856. The molecular formula is C25H28BrNO5. The highest BCUT2D eigenvalue weighted by molar-refractivity contribution is 9.10. The second-order valence-corrected chi connectivity index (χ2v) is 8.88. The molecule has 0 aromatic heterocycles. The number of amides is 1. The second kappa shape index (κ2) is 10.3. The van der Waals surface area contributed by atoms with E-state index in [0.29, 0.717) is 35.4 Å². The van der Waals surface area contributed by atoms with Gasteiger partial charge in [-0.15, -0.1) is 0 Å². The van der Waals surface area contributed by atoms with Crippen LogP contribution in [0.4, 0.5) is 0 Å². The number of Topliss-reactive ketones (excluding diaryl/α,β-unsaturated/α-hetero) is 1. The maximum Gasteiger partial charge on any atom is 0.295 e. The molecule has 1 fully saturated rings. The van der Waals surface area contributed by atoms with Crippen LogP contribution < -0.4 is 4.74 Å². The van der Waals surface area contributed by atoms with Gasteiger partial charge in [0, 0.05) is 18.7 Å². The Labute approximate surface area is 197 Å². The lowest BCUT2D eigenvalue weighted by molar-refractivity contribution is -0.140. The Hall–Kier alpha value is -2.64. The van der Waals surface area contributed by atoms with Crippen molar-refractivity contribution in [3.63, 3.8) is 0 Å². The van der Waals surface area contributed by atoms with Gasteiger partial charge in [-0.3, -0.25) is 9.59 Å². The predicted octanol–water partition coefficient (Wildman–Crippen LogP) is 5.00. The van der Waals surface area contributed by atoms with Crippen molar-refractivity contribution in [1.82, 2.24) is 4.90 Å². The van der Waals surface area contributed by atoms with Crippen LogP contribution in [0.25, 0.3) is 5.76 Å². The van der Waals surface area contributed by atoms with Gasteiger partial charge in [0.25, 0.3) is 11.7 Å². The third kappa shape index (κ3) is 5.05. The predicted molar refractivity (Wildman–Crippen MR) is 127 cm³/mol. The van der Waals surface area contributed by atoms with Crippen molar-refractivity contribution in [3.8, 4) is 5.75 Å². The van der Waals surface area contributed by atoms with Crippen molar-refractivity contribution >= 4 is 33.4 Å². The van der Waals surface area contributed by atoms with E-state index in [1.54, 1.807) is 25.3 Å². The van der Waals surface area contributed by atoms with Crippen LogP contribution in [0.5, 0.6) is 5.75 Å². The van der Waals surface area contributed by atoms with Crippen LogP contribution in [-0.2, 0) is 14.3 Å². The van der Waals surface area contributed by atoms with E-state index >= 15 is 0 Å². The summed E-state index contributed by atoms with van der Waals surface area (Å²) in [6, 6.07) is 12.0. The Morgan fingerprint density at radius 3 is 2.56 bits per heavy atom. The summed E-state index contributed by atoms with van der Waals surface area (Å²) in [6.07, 6.45) is 0.674. The summed E-state index contributed by atoms with van der Waals surface area (Å²) in [5, 5.41) is 11.2. The van der Waals surface area contributed by atoms with E-state index < -0.39 is 17.7 Å². The normalized spacial score (nSPS) is 17.9. The van der Waals surface area contributed by atoms with E-state index in [2.05, 4.69) is 15.9 Å². The van der Waals surface area contributed by atoms with Gasteiger partial charge in [-0.1, -0.05) is 29.8 Å². The van der Waals surface area contributed by atoms with Gasteiger partial charge in [0.2, 0.25) is 0 Å². The number of aryl methyl sites for hydroxylation is 1. The van der Waals surface area contributed by atoms with Crippen LogP contribution in [0.2, 0.25) is 0 Å². The van der Waals surface area contributed by atoms with E-state index in [0.717, 1.165) is 11.1 Å². The number of ether oxygens (including phenoxy) is 2. The summed E-state index contributed by atoms with van der Waals surface area (Å²) >= 11 is 3.41. The number of carbonyl (C=O) groups is 2. The fourth-order valence-electron chi connectivity index (χ4n) is 3.82. The molecule has 2 aromatic carbocycles. The molecule has 0 radical (unpaired) electrons. The summed E-state index contributed by atoms with van der Waals surface area (Å²) in [7, 11) is 1.55. The Balaban J connectivity index is 2.06. The minimum atomic E-state index is -0.689. The molecule has 1 N–H and O–H groups in total. The number of aliphatic hydroxyl groups is 1. The van der Waals surface area contributed by atoms with Crippen LogP contribution in [-0.4, -0.2) is 48.1 Å². The Morgan fingerprint density at radius 1 is 1.19 bits per heavy atom. The number of hydrogen-bond donors (Lipinski definition) is 1. The van der Waals surface area contributed by atoms with Crippen LogP contribution in [0.3, 0.4) is 0 Å². The van der Waals surface area contributed by atoms with E-state index in [-0.39, 0.29) is 17.4 Å². The number of benzene rings is 2. The molecule has 1 aliphatic rings. The molecule has 1 unspecified atom stereocenters. The summed E-state index contributed by atoms with van der Waals surface area (Å²) in [6.45, 7) is 6.68. The minimum Gasteiger partial charge on any atom is -0.507 e. The summed E-state index contributed by atoms with van der Waals surface area (Å²) in [5.74, 6) is -0.914. The van der Waals surface area contributed by atoms with Crippen LogP contribution in [0, 0.1) is 6.92 Å². The highest BCUT2D eigenvalue weighted by atomic mass is 79.9. The largest absolute Gasteiger partial charge is 0.507 e. The quantitative estimate of drug-likeness (QED) is 0.238. The maximum atomic E-state index is 13.1. The average Bonchev–Trinajstić information content (AvgIpc) is 3.01. The van der Waals surface area contributed by atoms with Gasteiger partial charge in [-0.25, -0.2) is 0 Å². The van der Waals surface area contributed by atoms with Crippen molar-refractivity contribution in [2.45, 2.75) is 39.3 Å². The zero-order valence-electron chi connectivity index (χ0n) is 18.7. The molecule has 170 valence electrons. The number of carbonyl (C=O) groups excluding carboxylic acids is 2. The molecule has 1 atom stereocenters. The van der Waals surface area contributed by atoms with Crippen molar-refractivity contribution in [1.29, 1.82) is 0 Å². The first-order chi connectivity index (χ1) is 15.2. The van der Waals surface area contributed by atoms with Crippen molar-refractivity contribution in [3.05, 3.63) is 69.2 Å². The smallest absolute Gasteiger partial charge is 0.295 e. The molecule has 6 nitrogen and oxygen atoms in total. The van der Waals surface area contributed by atoms with Crippen LogP contribution >= 0.6 is 15.9 Å². The average molecular weight is 502 g/mol. The molecule has 0 spiro atoms. The molecule has 0 bridgehead atoms. The monoisotopic (exact) mass is 501 g/mol. The molecule has 1 heterocycles. The molecule has 32 heavy (non-hydrogen) atoms. The molecule has 0 saturated carbocycles. The lowest BCUT2D eigenvalue weighted by Gasteiger charge is -2.25. The maximum absolute atomic E-state index is 13.1. The number of methoxy groups -OCH3 is 1. The van der Waals surface area contributed by atoms with E-state index in [1.165, 1.54) is 4.90 Å². The lowest BCUT2D eigenvalue weighted by Crippen LogP contribution is -2.31. The van der Waals surface area contributed by atoms with Gasteiger partial charge in [0.05, 0.1) is 29.3 Å². The van der Waals surface area contributed by atoms with E-state index in [4.69, 9.17) is 9.47 Å². The van der Waals surface area contributed by atoms with Gasteiger partial charge in [0.1, 0.15) is 11.5 Å². The van der Waals surface area contributed by atoms with E-state index in [1.807, 2.05) is 45.0 Å². The van der Waals surface area contributed by atoms with Gasteiger partial charge >= 0.3 is 0 Å². The molecule has 7 heteroatoms. The number of hydrogen-bond acceptors (Lipinski definition) is 5. The fourth-order valence-corrected chi connectivity index (χ4v) is 4.36. The van der Waals surface area contributed by atoms with Gasteiger partial charge < -0.3 is 19.5 Å². The van der Waals surface area contributed by atoms with Crippen LogP contribution in [0.1, 0.15) is 43.0 Å². The first-order valence-electron chi connectivity index (χ1n) is 10.5. The molecule has 1 aliphatic heterocycles. The highest BCUT2D eigenvalue weighted by Gasteiger charge is 2.45. The zero-order valence-corrected chi connectivity index (χ0v) is 20.3. The summed E-state index contributed by atoms with van der Waals surface area (Å²) in [4.78, 5) is 27.6. The molecule has 3 rings (SSSR count). The first kappa shape index (κ1) is 24.0. The standard InChI is InChI=1S/C25H28BrNO5/c1-15(2)32-12-6-11-27-22(17-8-5-7-16(3)13-17)21(24(29)25(27)30)23(28)18-9-10-20(31-4)19(26)14-18/h5,7-10,13-15,22,28H,6,11-12H2,1-4H3/b23-21-. The Morgan fingerprint density at radius 2 is 1.94 bits per heavy atom. The number of halogens is 1. The molecule has 1 saturated heterocycles. The van der Waals surface area contributed by atoms with Gasteiger partial charge in [0.15, 0.2) is 0 Å². The first-order valence-corrected chi connectivity index (χ1v) is 11.3. The third-order valence-electron chi connectivity index (χ3n) is 5.32. The molecular weight excluding hydrogens is 474 g/mol. The number of ketones is 1. The van der Waals surface area contributed by atoms with Crippen LogP contribution in [0.15, 0.2) is 52.5 Å². The van der Waals surface area contributed by atoms with Crippen molar-refractivity contribution in [2.24, 2.45) is 0 Å². The van der Waals surface area contributed by atoms with Gasteiger partial charge in [-0.05, 0) is 66.9 Å². The summed E-state index contributed by atoms with van der Waals surface area (Å²) in [5.41, 5.74) is 2.30. The number of aliphatic hydroxyl groups excluding tert-OH is 1. The SMILES string of the molecule is COc1ccc(/C(O)=C2/C(=O)C(=O)N(CCCOC(C)C)C2c2cccc(C)c2)cc1Br. The van der Waals surface area contributed by atoms with Gasteiger partial charge in [-0.2, -0.15) is 0 Å². The Bertz CT molecular complexity index is 1050. The second-order valence-electron chi connectivity index (χ2n) is 8.03. The zero-order chi connectivity index (χ0) is 23.4. The highest BCUT2D eigenvalue weighted by Crippen LogP contribution is 2.40. The topological polar surface area (TPSA) is 76.1 Å². The fraction of sp³-hybridized carbons (Fsp3) is 0.360. The molecule has 0 aliphatic carbocycles. The lowest BCUT2D eigenvalue weighted by atomic mass is 9.94. The third-order valence-corrected chi connectivity index (χ3v) is 5.94. The summed E-state index contributed by atoms with van der Waals surface area (Å²) < 4.78 is 11.5. The van der Waals surface area contributed by atoms with E-state index in [9.17, 15) is 14.7 Å². The molecule has 1 amide bonds. The number of rotatable bonds is 8. The number of likely N-dealkylation sites (tertiary alicyclic amines) is 1.